The Morgan fingerprint density at radius 1 is 0.778 bits per heavy atom. The summed E-state index contributed by atoms with van der Waals surface area (Å²) in [5, 5.41) is 0. The number of aryl methyl sites for hydroxylation is 1. The second-order valence-corrected chi connectivity index (χ2v) is 9.76. The van der Waals surface area contributed by atoms with Crippen LogP contribution in [0, 0.1) is 17.5 Å². The summed E-state index contributed by atoms with van der Waals surface area (Å²) in [5.41, 5.74) is 5.75. The van der Waals surface area contributed by atoms with Crippen molar-refractivity contribution in [1.29, 1.82) is 0 Å². The first-order valence-electron chi connectivity index (χ1n) is 12.5. The van der Waals surface area contributed by atoms with Gasteiger partial charge in [-0.3, -0.25) is 4.90 Å². The second-order valence-electron chi connectivity index (χ2n) is 9.76. The third kappa shape index (κ3) is 4.50. The van der Waals surface area contributed by atoms with Gasteiger partial charge in [-0.2, -0.15) is 0 Å². The van der Waals surface area contributed by atoms with Gasteiger partial charge in [-0.15, -0.1) is 0 Å². The highest BCUT2D eigenvalue weighted by atomic mass is 19.2. The van der Waals surface area contributed by atoms with E-state index in [1.165, 1.54) is 6.07 Å². The molecule has 0 aromatic heterocycles. The van der Waals surface area contributed by atoms with Gasteiger partial charge in [-0.05, 0) is 90.9 Å². The minimum atomic E-state index is -1.43. The summed E-state index contributed by atoms with van der Waals surface area (Å²) in [7, 11) is 1.63. The van der Waals surface area contributed by atoms with Crippen LogP contribution >= 0.6 is 0 Å². The number of nitrogens with zero attached hydrogens (tertiary/aromatic N) is 2. The minimum absolute atomic E-state index is 0.110. The number of ether oxygens (including phenoxy) is 1. The lowest BCUT2D eigenvalue weighted by Crippen LogP contribution is -2.48. The number of benzene rings is 3. The SMILES string of the molecule is COc1ccc2c(c1)CCC(c1ccc(F)c(F)c1F)=C2c1ccc(N2CCN(C(C)C)CC2)cc1. The van der Waals surface area contributed by atoms with E-state index < -0.39 is 17.5 Å². The van der Waals surface area contributed by atoms with E-state index >= 15 is 0 Å². The van der Waals surface area contributed by atoms with Crippen LogP contribution in [0.4, 0.5) is 18.9 Å². The quantitative estimate of drug-likeness (QED) is 0.376. The van der Waals surface area contributed by atoms with Crippen LogP contribution in [0.25, 0.3) is 11.1 Å². The fourth-order valence-electron chi connectivity index (χ4n) is 5.39. The monoisotopic (exact) mass is 492 g/mol. The van der Waals surface area contributed by atoms with Gasteiger partial charge in [-0.25, -0.2) is 13.2 Å². The lowest BCUT2D eigenvalue weighted by molar-refractivity contribution is 0.209. The molecule has 3 nitrogen and oxygen atoms in total. The van der Waals surface area contributed by atoms with Gasteiger partial charge in [0.2, 0.25) is 0 Å². The minimum Gasteiger partial charge on any atom is -0.497 e. The molecule has 5 rings (SSSR count). The average Bonchev–Trinajstić information content (AvgIpc) is 2.91. The zero-order valence-corrected chi connectivity index (χ0v) is 21.0. The first-order valence-corrected chi connectivity index (χ1v) is 12.5. The number of piperazine rings is 1. The number of methoxy groups -OCH3 is 1. The Morgan fingerprint density at radius 3 is 2.14 bits per heavy atom. The Balaban J connectivity index is 1.56. The van der Waals surface area contributed by atoms with Crippen molar-refractivity contribution in [3.05, 3.63) is 94.3 Å². The lowest BCUT2D eigenvalue weighted by Gasteiger charge is -2.38. The fraction of sp³-hybridized carbons (Fsp3) is 0.333. The summed E-state index contributed by atoms with van der Waals surface area (Å²) >= 11 is 0. The Kier molecular flexibility index (Phi) is 6.80. The molecule has 0 atom stereocenters. The fourth-order valence-corrected chi connectivity index (χ4v) is 5.39. The number of anilines is 1. The van der Waals surface area contributed by atoms with Gasteiger partial charge in [0.15, 0.2) is 17.5 Å². The molecule has 2 aliphatic rings. The third-order valence-corrected chi connectivity index (χ3v) is 7.45. The highest BCUT2D eigenvalue weighted by Gasteiger charge is 2.26. The van der Waals surface area contributed by atoms with Crippen LogP contribution in [0.3, 0.4) is 0 Å². The van der Waals surface area contributed by atoms with Crippen LogP contribution < -0.4 is 9.64 Å². The molecule has 3 aromatic carbocycles. The van der Waals surface area contributed by atoms with Crippen molar-refractivity contribution < 1.29 is 17.9 Å². The zero-order chi connectivity index (χ0) is 25.4. The molecule has 36 heavy (non-hydrogen) atoms. The Bertz CT molecular complexity index is 1290. The van der Waals surface area contributed by atoms with E-state index in [1.807, 2.05) is 18.2 Å². The normalized spacial score (nSPS) is 16.5. The summed E-state index contributed by atoms with van der Waals surface area (Å²) in [4.78, 5) is 4.86. The molecule has 1 aliphatic heterocycles. The molecule has 6 heteroatoms. The molecule has 0 bridgehead atoms. The van der Waals surface area contributed by atoms with Crippen molar-refractivity contribution in [2.24, 2.45) is 0 Å². The summed E-state index contributed by atoms with van der Waals surface area (Å²) in [6.07, 6.45) is 1.17. The molecule has 0 N–H and O–H groups in total. The van der Waals surface area contributed by atoms with Crippen molar-refractivity contribution >= 4 is 16.8 Å². The summed E-state index contributed by atoms with van der Waals surface area (Å²) in [6, 6.07) is 17.0. The molecule has 0 amide bonds. The van der Waals surface area contributed by atoms with Gasteiger partial charge in [0, 0.05) is 43.5 Å². The van der Waals surface area contributed by atoms with Crippen LogP contribution in [-0.4, -0.2) is 44.2 Å². The Hall–Kier alpha value is -3.25. The maximum Gasteiger partial charge on any atom is 0.195 e. The third-order valence-electron chi connectivity index (χ3n) is 7.45. The van der Waals surface area contributed by atoms with Gasteiger partial charge in [0.05, 0.1) is 7.11 Å². The number of halogens is 3. The first-order chi connectivity index (χ1) is 17.4. The number of fused-ring (bicyclic) bond motifs is 1. The van der Waals surface area contributed by atoms with E-state index in [2.05, 4.69) is 47.9 Å². The van der Waals surface area contributed by atoms with Gasteiger partial charge in [0.25, 0.3) is 0 Å². The van der Waals surface area contributed by atoms with Crippen molar-refractivity contribution in [2.45, 2.75) is 32.7 Å². The molecule has 3 aromatic rings. The molecule has 188 valence electrons. The standard InChI is InChI=1S/C30H31F3N2O/c1-19(2)34-14-16-35(17-15-34)22-7-4-20(5-8-22)28-24-11-9-23(36-3)18-21(24)6-10-25(28)26-12-13-27(31)30(33)29(26)32/h4-5,7-9,11-13,18-19H,6,10,14-17H2,1-3H3. The van der Waals surface area contributed by atoms with Gasteiger partial charge >= 0.3 is 0 Å². The average molecular weight is 493 g/mol. The van der Waals surface area contributed by atoms with E-state index in [9.17, 15) is 13.2 Å². The van der Waals surface area contributed by atoms with Gasteiger partial charge in [-0.1, -0.05) is 18.2 Å². The van der Waals surface area contributed by atoms with Gasteiger partial charge in [0.1, 0.15) is 5.75 Å². The molecule has 1 heterocycles. The molecule has 0 unspecified atom stereocenters. The predicted octanol–water partition coefficient (Wildman–Crippen LogP) is 6.55. The zero-order valence-electron chi connectivity index (χ0n) is 21.0. The molecular weight excluding hydrogens is 461 g/mol. The van der Waals surface area contributed by atoms with Crippen molar-refractivity contribution in [3.8, 4) is 5.75 Å². The maximum atomic E-state index is 14.9. The highest BCUT2D eigenvalue weighted by molar-refractivity contribution is 6.01. The maximum absolute atomic E-state index is 14.9. The van der Waals surface area contributed by atoms with E-state index in [1.54, 1.807) is 7.11 Å². The van der Waals surface area contributed by atoms with Gasteiger partial charge < -0.3 is 9.64 Å². The van der Waals surface area contributed by atoms with Crippen LogP contribution in [-0.2, 0) is 6.42 Å². The number of hydrogen-bond donors (Lipinski definition) is 0. The summed E-state index contributed by atoms with van der Waals surface area (Å²) in [5.74, 6) is -3.00. The molecule has 1 aliphatic carbocycles. The smallest absolute Gasteiger partial charge is 0.195 e. The number of rotatable bonds is 5. The predicted molar refractivity (Wildman–Crippen MR) is 139 cm³/mol. The van der Waals surface area contributed by atoms with Crippen LogP contribution in [0.5, 0.6) is 5.75 Å². The van der Waals surface area contributed by atoms with E-state index in [4.69, 9.17) is 4.74 Å². The first kappa shape index (κ1) is 24.4. The number of allylic oxidation sites excluding steroid dienone is 1. The van der Waals surface area contributed by atoms with E-state index in [-0.39, 0.29) is 5.56 Å². The van der Waals surface area contributed by atoms with Crippen LogP contribution in [0.15, 0.2) is 54.6 Å². The van der Waals surface area contributed by atoms with E-state index in [0.717, 1.165) is 65.9 Å². The lowest BCUT2D eigenvalue weighted by atomic mass is 9.79. The van der Waals surface area contributed by atoms with Crippen molar-refractivity contribution in [2.75, 3.05) is 38.2 Å². The molecule has 1 saturated heterocycles. The highest BCUT2D eigenvalue weighted by Crippen LogP contribution is 2.43. The van der Waals surface area contributed by atoms with Crippen LogP contribution in [0.1, 0.15) is 42.5 Å². The molecule has 0 radical (unpaired) electrons. The molecular formula is C30H31F3N2O. The molecule has 1 fully saturated rings. The Morgan fingerprint density at radius 2 is 1.47 bits per heavy atom. The topological polar surface area (TPSA) is 15.7 Å². The van der Waals surface area contributed by atoms with Crippen LogP contribution in [0.2, 0.25) is 0 Å². The second kappa shape index (κ2) is 10.0. The molecule has 0 spiro atoms. The largest absolute Gasteiger partial charge is 0.497 e. The summed E-state index contributed by atoms with van der Waals surface area (Å²) in [6.45, 7) is 8.44. The Labute approximate surface area is 210 Å². The van der Waals surface area contributed by atoms with Crippen molar-refractivity contribution in [3.63, 3.8) is 0 Å². The summed E-state index contributed by atoms with van der Waals surface area (Å²) < 4.78 is 48.3. The number of hydrogen-bond acceptors (Lipinski definition) is 3. The van der Waals surface area contributed by atoms with Crippen molar-refractivity contribution in [1.82, 2.24) is 4.90 Å². The molecule has 0 saturated carbocycles. The van der Waals surface area contributed by atoms with E-state index in [0.29, 0.717) is 24.5 Å².